The summed E-state index contributed by atoms with van der Waals surface area (Å²) in [5, 5.41) is 9.01. The van der Waals surface area contributed by atoms with Gasteiger partial charge in [-0.1, -0.05) is 6.07 Å². The molecular weight excluding hydrogens is 272 g/mol. The quantitative estimate of drug-likeness (QED) is 0.894. The number of piperazine rings is 1. The molecule has 1 aliphatic heterocycles. The Kier molecular flexibility index (Phi) is 4.80. The van der Waals surface area contributed by atoms with Gasteiger partial charge in [-0.3, -0.25) is 14.5 Å². The van der Waals surface area contributed by atoms with Gasteiger partial charge >= 0.3 is 5.97 Å². The van der Waals surface area contributed by atoms with Gasteiger partial charge in [-0.2, -0.15) is 0 Å². The molecule has 0 aromatic heterocycles. The summed E-state index contributed by atoms with van der Waals surface area (Å²) in [6.45, 7) is 3.88. The minimum absolute atomic E-state index is 0.0449. The Hall–Kier alpha value is -2.08. The zero-order valence-electron chi connectivity index (χ0n) is 12.3. The third kappa shape index (κ3) is 3.52. The fourth-order valence-corrected chi connectivity index (χ4v) is 2.41. The molecule has 6 heteroatoms. The van der Waals surface area contributed by atoms with Crippen molar-refractivity contribution in [3.8, 4) is 5.75 Å². The van der Waals surface area contributed by atoms with Crippen LogP contribution < -0.4 is 4.74 Å². The van der Waals surface area contributed by atoms with Crippen molar-refractivity contribution in [3.63, 3.8) is 0 Å². The number of amides is 1. The number of ether oxygens (including phenoxy) is 1. The number of carbonyl (C=O) groups excluding carboxylic acids is 1. The lowest BCUT2D eigenvalue weighted by molar-refractivity contribution is -0.143. The maximum Gasteiger partial charge on any atom is 0.320 e. The third-order valence-corrected chi connectivity index (χ3v) is 3.82. The number of benzene rings is 1. The van der Waals surface area contributed by atoms with Crippen LogP contribution in [0.25, 0.3) is 0 Å². The highest BCUT2D eigenvalue weighted by Gasteiger charge is 2.27. The van der Waals surface area contributed by atoms with E-state index in [1.807, 2.05) is 4.90 Å². The number of methoxy groups -OCH3 is 1. The average molecular weight is 292 g/mol. The summed E-state index contributed by atoms with van der Waals surface area (Å²) in [4.78, 5) is 27.0. The van der Waals surface area contributed by atoms with E-state index in [4.69, 9.17) is 9.84 Å². The maximum atomic E-state index is 12.4. The average Bonchev–Trinajstić information content (AvgIpc) is 2.53. The second-order valence-electron chi connectivity index (χ2n) is 5.07. The van der Waals surface area contributed by atoms with E-state index in [-0.39, 0.29) is 5.91 Å². The highest BCUT2D eigenvalue weighted by Crippen LogP contribution is 2.16. The highest BCUT2D eigenvalue weighted by atomic mass is 16.5. The van der Waals surface area contributed by atoms with Crippen LogP contribution in [0.15, 0.2) is 24.3 Å². The van der Waals surface area contributed by atoms with E-state index in [1.54, 1.807) is 43.2 Å². The number of rotatable bonds is 4. The van der Waals surface area contributed by atoms with E-state index >= 15 is 0 Å². The smallest absolute Gasteiger partial charge is 0.320 e. The van der Waals surface area contributed by atoms with Gasteiger partial charge in [0.15, 0.2) is 0 Å². The number of hydrogen-bond acceptors (Lipinski definition) is 4. The molecule has 1 aliphatic rings. The normalized spacial score (nSPS) is 17.3. The van der Waals surface area contributed by atoms with Crippen LogP contribution in [0.3, 0.4) is 0 Å². The molecule has 0 spiro atoms. The molecule has 1 aromatic carbocycles. The van der Waals surface area contributed by atoms with E-state index in [1.165, 1.54) is 0 Å². The number of aliphatic carboxylic acids is 1. The summed E-state index contributed by atoms with van der Waals surface area (Å²) in [6.07, 6.45) is 0. The minimum Gasteiger partial charge on any atom is -0.497 e. The van der Waals surface area contributed by atoms with Crippen molar-refractivity contribution in [1.82, 2.24) is 9.80 Å². The SMILES string of the molecule is COc1cccc(C(=O)N2CCN([C@@H](C)C(=O)O)CC2)c1. The largest absolute Gasteiger partial charge is 0.497 e. The highest BCUT2D eigenvalue weighted by molar-refractivity contribution is 5.94. The van der Waals surface area contributed by atoms with Crippen LogP contribution in [0.1, 0.15) is 17.3 Å². The molecule has 6 nitrogen and oxygen atoms in total. The van der Waals surface area contributed by atoms with Crippen LogP contribution in [0, 0.1) is 0 Å². The van der Waals surface area contributed by atoms with Gasteiger partial charge in [0, 0.05) is 31.7 Å². The summed E-state index contributed by atoms with van der Waals surface area (Å²) in [5.41, 5.74) is 0.592. The topological polar surface area (TPSA) is 70.1 Å². The molecule has 1 fully saturated rings. The predicted octanol–water partition coefficient (Wildman–Crippen LogP) is 0.926. The van der Waals surface area contributed by atoms with Crippen molar-refractivity contribution in [2.24, 2.45) is 0 Å². The lowest BCUT2D eigenvalue weighted by Gasteiger charge is -2.36. The van der Waals surface area contributed by atoms with Crippen LogP contribution in [0.5, 0.6) is 5.75 Å². The van der Waals surface area contributed by atoms with Crippen LogP contribution in [0.2, 0.25) is 0 Å². The summed E-state index contributed by atoms with van der Waals surface area (Å²) < 4.78 is 5.12. The van der Waals surface area contributed by atoms with Gasteiger partial charge in [-0.25, -0.2) is 0 Å². The van der Waals surface area contributed by atoms with E-state index in [0.29, 0.717) is 37.5 Å². The number of carboxylic acids is 1. The van der Waals surface area contributed by atoms with Crippen molar-refractivity contribution >= 4 is 11.9 Å². The van der Waals surface area contributed by atoms with Gasteiger partial charge in [0.2, 0.25) is 0 Å². The van der Waals surface area contributed by atoms with Crippen molar-refractivity contribution in [2.45, 2.75) is 13.0 Å². The Bertz CT molecular complexity index is 524. The maximum absolute atomic E-state index is 12.4. The molecule has 21 heavy (non-hydrogen) atoms. The molecule has 1 saturated heterocycles. The summed E-state index contributed by atoms with van der Waals surface area (Å²) in [5.74, 6) is -0.224. The Labute approximate surface area is 123 Å². The van der Waals surface area contributed by atoms with Gasteiger partial charge in [-0.05, 0) is 25.1 Å². The predicted molar refractivity (Wildman–Crippen MR) is 77.6 cm³/mol. The van der Waals surface area contributed by atoms with Gasteiger partial charge in [0.1, 0.15) is 11.8 Å². The zero-order valence-corrected chi connectivity index (χ0v) is 12.3. The third-order valence-electron chi connectivity index (χ3n) is 3.82. The van der Waals surface area contributed by atoms with Crippen LogP contribution in [-0.2, 0) is 4.79 Å². The molecule has 1 heterocycles. The fourth-order valence-electron chi connectivity index (χ4n) is 2.41. The van der Waals surface area contributed by atoms with Crippen LogP contribution in [0.4, 0.5) is 0 Å². The Balaban J connectivity index is 1.98. The van der Waals surface area contributed by atoms with Crippen LogP contribution in [-0.4, -0.2) is 66.1 Å². The minimum atomic E-state index is -0.831. The van der Waals surface area contributed by atoms with Gasteiger partial charge in [0.05, 0.1) is 7.11 Å². The first-order valence-electron chi connectivity index (χ1n) is 6.93. The fraction of sp³-hybridized carbons (Fsp3) is 0.467. The first kappa shape index (κ1) is 15.3. The van der Waals surface area contributed by atoms with Crippen molar-refractivity contribution < 1.29 is 19.4 Å². The number of nitrogens with zero attached hydrogens (tertiary/aromatic N) is 2. The van der Waals surface area contributed by atoms with Crippen molar-refractivity contribution in [3.05, 3.63) is 29.8 Å². The van der Waals surface area contributed by atoms with Crippen molar-refractivity contribution in [2.75, 3.05) is 33.3 Å². The van der Waals surface area contributed by atoms with Gasteiger partial charge < -0.3 is 14.7 Å². The standard InChI is InChI=1S/C15H20N2O4/c1-11(15(19)20)16-6-8-17(9-7-16)14(18)12-4-3-5-13(10-12)21-2/h3-5,10-11H,6-9H2,1-2H3,(H,19,20)/t11-/m0/s1. The second-order valence-corrected chi connectivity index (χ2v) is 5.07. The summed E-state index contributed by atoms with van der Waals surface area (Å²) in [7, 11) is 1.57. The molecule has 0 unspecified atom stereocenters. The lowest BCUT2D eigenvalue weighted by Crippen LogP contribution is -2.53. The first-order chi connectivity index (χ1) is 10.0. The molecule has 114 valence electrons. The molecule has 1 N–H and O–H groups in total. The summed E-state index contributed by atoms with van der Waals surface area (Å²) in [6, 6.07) is 6.54. The van der Waals surface area contributed by atoms with Crippen LogP contribution >= 0.6 is 0 Å². The summed E-state index contributed by atoms with van der Waals surface area (Å²) >= 11 is 0. The lowest BCUT2D eigenvalue weighted by atomic mass is 10.1. The molecule has 0 saturated carbocycles. The number of carboxylic acid groups (broad SMARTS) is 1. The molecule has 1 aromatic rings. The zero-order chi connectivity index (χ0) is 15.4. The molecule has 1 amide bonds. The first-order valence-corrected chi connectivity index (χ1v) is 6.93. The Morgan fingerprint density at radius 2 is 1.90 bits per heavy atom. The molecule has 0 aliphatic carbocycles. The van der Waals surface area contributed by atoms with E-state index < -0.39 is 12.0 Å². The second kappa shape index (κ2) is 6.58. The van der Waals surface area contributed by atoms with Gasteiger partial charge in [0.25, 0.3) is 5.91 Å². The monoisotopic (exact) mass is 292 g/mol. The Morgan fingerprint density at radius 3 is 2.48 bits per heavy atom. The van der Waals surface area contributed by atoms with E-state index in [9.17, 15) is 9.59 Å². The molecule has 0 radical (unpaired) electrons. The molecule has 0 bridgehead atoms. The molecular formula is C15H20N2O4. The van der Waals surface area contributed by atoms with Gasteiger partial charge in [-0.15, -0.1) is 0 Å². The number of carbonyl (C=O) groups is 2. The van der Waals surface area contributed by atoms with E-state index in [2.05, 4.69) is 0 Å². The van der Waals surface area contributed by atoms with E-state index in [0.717, 1.165) is 0 Å². The molecule has 1 atom stereocenters. The molecule has 2 rings (SSSR count). The number of hydrogen-bond donors (Lipinski definition) is 1. The van der Waals surface area contributed by atoms with Crippen molar-refractivity contribution in [1.29, 1.82) is 0 Å². The Morgan fingerprint density at radius 1 is 1.24 bits per heavy atom.